The highest BCUT2D eigenvalue weighted by atomic mass is 16.4. The molecule has 1 aromatic carbocycles. The van der Waals surface area contributed by atoms with Crippen molar-refractivity contribution in [1.82, 2.24) is 5.32 Å². The number of carboxylic acid groups (broad SMARTS) is 1. The van der Waals surface area contributed by atoms with Crippen LogP contribution in [0.5, 0.6) is 0 Å². The highest BCUT2D eigenvalue weighted by Gasteiger charge is 2.13. The van der Waals surface area contributed by atoms with Gasteiger partial charge in [-0.25, -0.2) is 4.79 Å². The molecular weight excluding hydrogens is 254 g/mol. The molecule has 1 rings (SSSR count). The number of amides is 1. The Kier molecular flexibility index (Phi) is 6.77. The van der Waals surface area contributed by atoms with Crippen molar-refractivity contribution in [3.8, 4) is 0 Å². The van der Waals surface area contributed by atoms with Crippen LogP contribution in [-0.4, -0.2) is 23.0 Å². The van der Waals surface area contributed by atoms with Crippen molar-refractivity contribution >= 4 is 11.9 Å². The summed E-state index contributed by atoms with van der Waals surface area (Å²) < 4.78 is 0. The third-order valence-corrected chi connectivity index (χ3v) is 3.27. The molecule has 0 fully saturated rings. The molecule has 1 atom stereocenters. The minimum Gasteiger partial charge on any atom is -0.478 e. The number of aromatic carboxylic acids is 1. The topological polar surface area (TPSA) is 66.4 Å². The van der Waals surface area contributed by atoms with E-state index in [2.05, 4.69) is 19.2 Å². The van der Waals surface area contributed by atoms with Crippen LogP contribution in [0.1, 0.15) is 66.7 Å². The Morgan fingerprint density at radius 1 is 1.05 bits per heavy atom. The maximum absolute atomic E-state index is 12.1. The number of carbonyl (C=O) groups excluding carboxylic acids is 1. The Bertz CT molecular complexity index is 440. The van der Waals surface area contributed by atoms with Gasteiger partial charge in [0.25, 0.3) is 5.91 Å². The molecule has 110 valence electrons. The molecule has 0 radical (unpaired) electrons. The van der Waals surface area contributed by atoms with Gasteiger partial charge in [-0.1, -0.05) is 33.1 Å². The molecule has 0 heterocycles. The highest BCUT2D eigenvalue weighted by Crippen LogP contribution is 2.09. The second-order valence-corrected chi connectivity index (χ2v) is 4.98. The van der Waals surface area contributed by atoms with E-state index >= 15 is 0 Å². The summed E-state index contributed by atoms with van der Waals surface area (Å²) in [6.45, 7) is 4.24. The molecule has 4 nitrogen and oxygen atoms in total. The van der Waals surface area contributed by atoms with E-state index in [-0.39, 0.29) is 17.5 Å². The van der Waals surface area contributed by atoms with Crippen molar-refractivity contribution in [2.45, 2.75) is 52.0 Å². The minimum atomic E-state index is -0.983. The van der Waals surface area contributed by atoms with Crippen LogP contribution < -0.4 is 5.32 Å². The average Bonchev–Trinajstić information content (AvgIpc) is 2.45. The van der Waals surface area contributed by atoms with Crippen molar-refractivity contribution in [2.24, 2.45) is 0 Å². The normalized spacial score (nSPS) is 11.9. The monoisotopic (exact) mass is 277 g/mol. The van der Waals surface area contributed by atoms with Crippen molar-refractivity contribution in [2.75, 3.05) is 0 Å². The van der Waals surface area contributed by atoms with E-state index in [9.17, 15) is 9.59 Å². The minimum absolute atomic E-state index is 0.128. The molecule has 0 saturated carbocycles. The zero-order chi connectivity index (χ0) is 15.0. The van der Waals surface area contributed by atoms with Crippen molar-refractivity contribution in [3.05, 3.63) is 35.4 Å². The largest absolute Gasteiger partial charge is 0.478 e. The van der Waals surface area contributed by atoms with Crippen LogP contribution in [0.3, 0.4) is 0 Å². The zero-order valence-corrected chi connectivity index (χ0v) is 12.2. The molecule has 4 heteroatoms. The van der Waals surface area contributed by atoms with E-state index < -0.39 is 5.97 Å². The first kappa shape index (κ1) is 16.2. The van der Waals surface area contributed by atoms with Gasteiger partial charge >= 0.3 is 5.97 Å². The maximum atomic E-state index is 12.1. The molecular formula is C16H23NO3. The van der Waals surface area contributed by atoms with E-state index in [4.69, 9.17) is 5.11 Å². The Balaban J connectivity index is 2.65. The number of rotatable bonds is 8. The third kappa shape index (κ3) is 5.03. The molecule has 2 N–H and O–H groups in total. The molecule has 0 bridgehead atoms. The first-order valence-electron chi connectivity index (χ1n) is 7.22. The fraction of sp³-hybridized carbons (Fsp3) is 0.500. The highest BCUT2D eigenvalue weighted by molar-refractivity contribution is 5.96. The summed E-state index contributed by atoms with van der Waals surface area (Å²) in [5.41, 5.74) is 0.699. The van der Waals surface area contributed by atoms with Gasteiger partial charge < -0.3 is 10.4 Å². The Morgan fingerprint density at radius 2 is 1.65 bits per heavy atom. The number of carboxylic acids is 1. The first-order valence-corrected chi connectivity index (χ1v) is 7.22. The van der Waals surface area contributed by atoms with E-state index in [1.165, 1.54) is 12.1 Å². The van der Waals surface area contributed by atoms with Crippen LogP contribution in [0.4, 0.5) is 0 Å². The van der Waals surface area contributed by atoms with E-state index in [0.717, 1.165) is 32.1 Å². The molecule has 0 aromatic heterocycles. The quantitative estimate of drug-likeness (QED) is 0.764. The Labute approximate surface area is 120 Å². The van der Waals surface area contributed by atoms with Crippen molar-refractivity contribution < 1.29 is 14.7 Å². The SMILES string of the molecule is CCCCC(CCC)NC(=O)c1ccc(C(=O)O)cc1. The Morgan fingerprint density at radius 3 is 2.15 bits per heavy atom. The molecule has 1 unspecified atom stereocenters. The van der Waals surface area contributed by atoms with Crippen LogP contribution in [0.15, 0.2) is 24.3 Å². The van der Waals surface area contributed by atoms with Gasteiger partial charge in [-0.05, 0) is 37.1 Å². The summed E-state index contributed by atoms with van der Waals surface area (Å²) in [5.74, 6) is -1.11. The van der Waals surface area contributed by atoms with Crippen molar-refractivity contribution in [3.63, 3.8) is 0 Å². The van der Waals surface area contributed by atoms with Gasteiger partial charge in [0, 0.05) is 11.6 Å². The molecule has 0 saturated heterocycles. The lowest BCUT2D eigenvalue weighted by Gasteiger charge is -2.17. The number of hydrogen-bond acceptors (Lipinski definition) is 2. The molecule has 0 aliphatic heterocycles. The molecule has 20 heavy (non-hydrogen) atoms. The first-order chi connectivity index (χ1) is 9.58. The molecule has 0 spiro atoms. The lowest BCUT2D eigenvalue weighted by molar-refractivity contribution is 0.0696. The van der Waals surface area contributed by atoms with Crippen LogP contribution in [0.2, 0.25) is 0 Å². The number of benzene rings is 1. The van der Waals surface area contributed by atoms with Crippen molar-refractivity contribution in [1.29, 1.82) is 0 Å². The van der Waals surface area contributed by atoms with Crippen LogP contribution in [-0.2, 0) is 0 Å². The summed E-state index contributed by atoms with van der Waals surface area (Å²) in [7, 11) is 0. The van der Waals surface area contributed by atoms with E-state index in [1.807, 2.05) is 0 Å². The smallest absolute Gasteiger partial charge is 0.335 e. The third-order valence-electron chi connectivity index (χ3n) is 3.27. The molecule has 0 aliphatic carbocycles. The number of carbonyl (C=O) groups is 2. The lowest BCUT2D eigenvalue weighted by atomic mass is 10.0. The summed E-state index contributed by atoms with van der Waals surface area (Å²) in [4.78, 5) is 22.9. The van der Waals surface area contributed by atoms with Gasteiger partial charge in [-0.15, -0.1) is 0 Å². The second kappa shape index (κ2) is 8.35. The standard InChI is InChI=1S/C16H23NO3/c1-3-5-7-14(6-4-2)17-15(18)12-8-10-13(11-9-12)16(19)20/h8-11,14H,3-7H2,1-2H3,(H,17,18)(H,19,20). The fourth-order valence-electron chi connectivity index (χ4n) is 2.12. The van der Waals surface area contributed by atoms with Gasteiger partial charge in [0.05, 0.1) is 5.56 Å². The predicted molar refractivity (Wildman–Crippen MR) is 79.1 cm³/mol. The van der Waals surface area contributed by atoms with E-state index in [1.54, 1.807) is 12.1 Å². The number of hydrogen-bond donors (Lipinski definition) is 2. The van der Waals surface area contributed by atoms with Gasteiger partial charge in [0.15, 0.2) is 0 Å². The summed E-state index contributed by atoms with van der Waals surface area (Å²) in [5, 5.41) is 11.9. The van der Waals surface area contributed by atoms with E-state index in [0.29, 0.717) is 5.56 Å². The number of unbranched alkanes of at least 4 members (excludes halogenated alkanes) is 1. The van der Waals surface area contributed by atoms with Crippen LogP contribution >= 0.6 is 0 Å². The average molecular weight is 277 g/mol. The second-order valence-electron chi connectivity index (χ2n) is 4.98. The van der Waals surface area contributed by atoms with Crippen LogP contribution in [0.25, 0.3) is 0 Å². The fourth-order valence-corrected chi connectivity index (χ4v) is 2.12. The molecule has 1 amide bonds. The van der Waals surface area contributed by atoms with Gasteiger partial charge in [-0.3, -0.25) is 4.79 Å². The zero-order valence-electron chi connectivity index (χ0n) is 12.2. The predicted octanol–water partition coefficient (Wildman–Crippen LogP) is 3.47. The summed E-state index contributed by atoms with van der Waals surface area (Å²) in [6, 6.07) is 6.23. The van der Waals surface area contributed by atoms with Gasteiger partial charge in [-0.2, -0.15) is 0 Å². The molecule has 1 aromatic rings. The summed E-state index contributed by atoms with van der Waals surface area (Å²) in [6.07, 6.45) is 5.21. The summed E-state index contributed by atoms with van der Waals surface area (Å²) >= 11 is 0. The maximum Gasteiger partial charge on any atom is 0.335 e. The number of nitrogens with one attached hydrogen (secondary N) is 1. The Hall–Kier alpha value is -1.84. The van der Waals surface area contributed by atoms with Gasteiger partial charge in [0.2, 0.25) is 0 Å². The lowest BCUT2D eigenvalue weighted by Crippen LogP contribution is -2.34. The molecule has 0 aliphatic rings. The van der Waals surface area contributed by atoms with Gasteiger partial charge in [0.1, 0.15) is 0 Å². The van der Waals surface area contributed by atoms with Crippen LogP contribution in [0, 0.1) is 0 Å².